The lowest BCUT2D eigenvalue weighted by atomic mass is 9.81. The van der Waals surface area contributed by atoms with Gasteiger partial charge in [-0.15, -0.1) is 0 Å². The van der Waals surface area contributed by atoms with Gasteiger partial charge in [-0.25, -0.2) is 4.79 Å². The van der Waals surface area contributed by atoms with Crippen molar-refractivity contribution in [2.45, 2.75) is 44.1 Å². The van der Waals surface area contributed by atoms with Gasteiger partial charge in [0, 0.05) is 12.8 Å². The highest BCUT2D eigenvalue weighted by Crippen LogP contribution is 2.33. The van der Waals surface area contributed by atoms with Crippen LogP contribution in [-0.4, -0.2) is 23.0 Å². The quantitative estimate of drug-likeness (QED) is 0.850. The zero-order valence-corrected chi connectivity index (χ0v) is 14.2. The van der Waals surface area contributed by atoms with Crippen LogP contribution in [0.2, 0.25) is 0 Å². The van der Waals surface area contributed by atoms with Crippen molar-refractivity contribution in [3.8, 4) is 0 Å². The number of hydrogen-bond acceptors (Lipinski definition) is 2. The first kappa shape index (κ1) is 17.2. The molecule has 0 aromatic heterocycles. The van der Waals surface area contributed by atoms with Gasteiger partial charge in [-0.05, 0) is 41.9 Å². The maximum absolute atomic E-state index is 12.5. The Hall–Kier alpha value is -2.62. The molecule has 2 atom stereocenters. The summed E-state index contributed by atoms with van der Waals surface area (Å²) in [6, 6.07) is 16.7. The van der Waals surface area contributed by atoms with E-state index < -0.39 is 12.0 Å². The molecule has 2 aromatic carbocycles. The monoisotopic (exact) mass is 337 g/mol. The number of hydrogen-bond donors (Lipinski definition) is 2. The van der Waals surface area contributed by atoms with E-state index in [0.717, 1.165) is 24.8 Å². The van der Waals surface area contributed by atoms with Gasteiger partial charge in [-0.2, -0.15) is 0 Å². The van der Waals surface area contributed by atoms with Gasteiger partial charge in [-0.1, -0.05) is 54.6 Å². The number of carbonyl (C=O) groups is 2. The maximum atomic E-state index is 12.5. The van der Waals surface area contributed by atoms with E-state index in [2.05, 4.69) is 17.4 Å². The number of carbonyl (C=O) groups excluding carboxylic acids is 1. The molecule has 25 heavy (non-hydrogen) atoms. The summed E-state index contributed by atoms with van der Waals surface area (Å²) < 4.78 is 0. The van der Waals surface area contributed by atoms with Crippen LogP contribution in [0.5, 0.6) is 0 Å². The average Bonchev–Trinajstić information content (AvgIpc) is 2.62. The minimum Gasteiger partial charge on any atom is -0.480 e. The number of benzene rings is 2. The molecule has 1 aliphatic carbocycles. The van der Waals surface area contributed by atoms with Gasteiger partial charge >= 0.3 is 5.97 Å². The van der Waals surface area contributed by atoms with Crippen molar-refractivity contribution in [2.75, 3.05) is 0 Å². The van der Waals surface area contributed by atoms with Crippen molar-refractivity contribution in [3.63, 3.8) is 0 Å². The highest BCUT2D eigenvalue weighted by molar-refractivity contribution is 5.84. The van der Waals surface area contributed by atoms with Gasteiger partial charge < -0.3 is 10.4 Å². The van der Waals surface area contributed by atoms with Crippen LogP contribution in [0, 0.1) is 0 Å². The normalized spacial score (nSPS) is 17.4. The van der Waals surface area contributed by atoms with Crippen molar-refractivity contribution >= 4 is 11.9 Å². The van der Waals surface area contributed by atoms with Gasteiger partial charge in [-0.3, -0.25) is 4.79 Å². The van der Waals surface area contributed by atoms with Crippen molar-refractivity contribution < 1.29 is 14.7 Å². The molecule has 0 fully saturated rings. The summed E-state index contributed by atoms with van der Waals surface area (Å²) in [5.74, 6) is -1.01. The second kappa shape index (κ2) is 7.97. The lowest BCUT2D eigenvalue weighted by Crippen LogP contribution is -2.42. The molecule has 1 amide bonds. The molecule has 4 heteroatoms. The van der Waals surface area contributed by atoms with E-state index in [1.807, 2.05) is 42.5 Å². The first-order valence-corrected chi connectivity index (χ1v) is 8.77. The largest absolute Gasteiger partial charge is 0.480 e. The molecular formula is C21H23NO3. The molecule has 130 valence electrons. The van der Waals surface area contributed by atoms with Crippen molar-refractivity contribution in [1.29, 1.82) is 0 Å². The molecule has 0 saturated carbocycles. The minimum absolute atomic E-state index is 0.177. The van der Waals surface area contributed by atoms with Crippen LogP contribution in [-0.2, 0) is 22.4 Å². The summed E-state index contributed by atoms with van der Waals surface area (Å²) in [5, 5.41) is 12.1. The predicted octanol–water partition coefficient (Wildman–Crippen LogP) is 3.31. The Balaban J connectivity index is 1.64. The van der Waals surface area contributed by atoms with Crippen LogP contribution in [0.4, 0.5) is 0 Å². The van der Waals surface area contributed by atoms with Crippen molar-refractivity contribution in [1.82, 2.24) is 5.32 Å². The van der Waals surface area contributed by atoms with Crippen LogP contribution in [0.25, 0.3) is 0 Å². The third-order valence-electron chi connectivity index (χ3n) is 4.84. The lowest BCUT2D eigenvalue weighted by molar-refractivity contribution is -0.141. The Morgan fingerprint density at radius 1 is 1.08 bits per heavy atom. The number of aliphatic carboxylic acids is 1. The summed E-state index contributed by atoms with van der Waals surface area (Å²) in [4.78, 5) is 24.0. The summed E-state index contributed by atoms with van der Waals surface area (Å²) in [6.07, 6.45) is 3.74. The number of aryl methyl sites for hydroxylation is 1. The van der Waals surface area contributed by atoms with Crippen LogP contribution in [0.1, 0.15) is 41.9 Å². The van der Waals surface area contributed by atoms with Gasteiger partial charge in [0.05, 0.1) is 0 Å². The molecule has 0 radical (unpaired) electrons. The summed E-state index contributed by atoms with van der Waals surface area (Å²) in [6.45, 7) is 0. The summed E-state index contributed by atoms with van der Waals surface area (Å²) >= 11 is 0. The summed E-state index contributed by atoms with van der Waals surface area (Å²) in [5.41, 5.74) is 3.45. The van der Waals surface area contributed by atoms with E-state index in [1.165, 1.54) is 11.1 Å². The third-order valence-corrected chi connectivity index (χ3v) is 4.84. The van der Waals surface area contributed by atoms with Crippen LogP contribution >= 0.6 is 0 Å². The fraction of sp³-hybridized carbons (Fsp3) is 0.333. The number of rotatable bonds is 6. The molecule has 0 heterocycles. The zero-order valence-electron chi connectivity index (χ0n) is 14.2. The highest BCUT2D eigenvalue weighted by Gasteiger charge is 2.25. The molecule has 0 bridgehead atoms. The van der Waals surface area contributed by atoms with Crippen molar-refractivity contribution in [3.05, 3.63) is 71.3 Å². The highest BCUT2D eigenvalue weighted by atomic mass is 16.4. The van der Waals surface area contributed by atoms with Gasteiger partial charge in [0.25, 0.3) is 0 Å². The van der Waals surface area contributed by atoms with Gasteiger partial charge in [0.15, 0.2) is 0 Å². The van der Waals surface area contributed by atoms with E-state index in [0.29, 0.717) is 12.8 Å². The van der Waals surface area contributed by atoms with Crippen LogP contribution in [0.15, 0.2) is 54.6 Å². The lowest BCUT2D eigenvalue weighted by Gasteiger charge is -2.25. The molecule has 0 spiro atoms. The number of nitrogens with one attached hydrogen (secondary N) is 1. The third kappa shape index (κ3) is 4.47. The van der Waals surface area contributed by atoms with Crippen LogP contribution in [0.3, 0.4) is 0 Å². The van der Waals surface area contributed by atoms with E-state index >= 15 is 0 Å². The average molecular weight is 337 g/mol. The SMILES string of the molecule is O=C(CC1CCCc2ccccc21)NC(Cc1ccccc1)C(=O)O. The second-order valence-corrected chi connectivity index (χ2v) is 6.64. The molecule has 0 aliphatic heterocycles. The van der Waals surface area contributed by atoms with E-state index in [9.17, 15) is 14.7 Å². The first-order chi connectivity index (χ1) is 12.1. The Labute approximate surface area is 147 Å². The fourth-order valence-electron chi connectivity index (χ4n) is 3.59. The zero-order chi connectivity index (χ0) is 17.6. The molecule has 2 N–H and O–H groups in total. The molecule has 2 unspecified atom stereocenters. The van der Waals surface area contributed by atoms with E-state index in [4.69, 9.17) is 0 Å². The number of carboxylic acid groups (broad SMARTS) is 1. The Bertz CT molecular complexity index is 742. The maximum Gasteiger partial charge on any atom is 0.326 e. The molecule has 1 aliphatic rings. The molecule has 2 aromatic rings. The van der Waals surface area contributed by atoms with E-state index in [1.54, 1.807) is 0 Å². The second-order valence-electron chi connectivity index (χ2n) is 6.64. The predicted molar refractivity (Wildman–Crippen MR) is 96.5 cm³/mol. The van der Waals surface area contributed by atoms with Gasteiger partial charge in [0.1, 0.15) is 6.04 Å². The smallest absolute Gasteiger partial charge is 0.326 e. The van der Waals surface area contributed by atoms with E-state index in [-0.39, 0.29) is 11.8 Å². The Kier molecular flexibility index (Phi) is 5.49. The summed E-state index contributed by atoms with van der Waals surface area (Å²) in [7, 11) is 0. The van der Waals surface area contributed by atoms with Crippen molar-refractivity contribution in [2.24, 2.45) is 0 Å². The number of fused-ring (bicyclic) bond motifs is 1. The number of amides is 1. The Morgan fingerprint density at radius 2 is 1.80 bits per heavy atom. The Morgan fingerprint density at radius 3 is 2.56 bits per heavy atom. The topological polar surface area (TPSA) is 66.4 Å². The molecular weight excluding hydrogens is 314 g/mol. The molecule has 3 rings (SSSR count). The fourth-order valence-corrected chi connectivity index (χ4v) is 3.59. The molecule has 4 nitrogen and oxygen atoms in total. The number of carboxylic acids is 1. The standard InChI is InChI=1S/C21H23NO3/c23-20(14-17-11-6-10-16-9-4-5-12-18(16)17)22-19(21(24)25)13-15-7-2-1-3-8-15/h1-5,7-9,12,17,19H,6,10-11,13-14H2,(H,22,23)(H,24,25). The minimum atomic E-state index is -0.999. The molecule has 0 saturated heterocycles. The first-order valence-electron chi connectivity index (χ1n) is 8.77. The van der Waals surface area contributed by atoms with Crippen LogP contribution < -0.4 is 5.32 Å². The van der Waals surface area contributed by atoms with Gasteiger partial charge in [0.2, 0.25) is 5.91 Å².